The molecule has 10 rings (SSSR count). The van der Waals surface area contributed by atoms with E-state index in [2.05, 4.69) is 247 Å². The molecule has 4 heteroatoms. The molecule has 0 saturated heterocycles. The molecule has 0 amide bonds. The molecule has 0 saturated carbocycles. The highest BCUT2D eigenvalue weighted by atomic mass is 28.4. The lowest BCUT2D eigenvalue weighted by molar-refractivity contribution is 0.963. The summed E-state index contributed by atoms with van der Waals surface area (Å²) in [5, 5.41) is 7.98. The summed E-state index contributed by atoms with van der Waals surface area (Å²) in [5.74, 6) is 0. The standard InChI is InChI=1S/C59H58N2Si2/c1-39-19-27-43(28-20-39)60(44-29-21-40(2)22-30-44)47-35-36-52-53(37-47)48-15-11-13-17-50(48)57-56-51-18-14-12-16-49(51)55(38-54(56)59(58(52)57,62(5,6)7)63(8,9)10)61(45-31-23-41(3)24-32-45)46-33-25-42(4)26-34-46/h11-38H,1-10H3. The van der Waals surface area contributed by atoms with Crippen LogP contribution < -0.4 is 9.80 Å². The normalized spacial score (nSPS) is 13.4. The van der Waals surface area contributed by atoms with Gasteiger partial charge in [-0.05, 0) is 144 Å². The molecule has 0 atom stereocenters. The molecule has 2 nitrogen and oxygen atoms in total. The monoisotopic (exact) mass is 850 g/mol. The number of rotatable bonds is 8. The Morgan fingerprint density at radius 1 is 0.333 bits per heavy atom. The average Bonchev–Trinajstić information content (AvgIpc) is 3.60. The number of aryl methyl sites for hydroxylation is 4. The minimum absolute atomic E-state index is 0.132. The van der Waals surface area contributed by atoms with E-state index in [0.29, 0.717) is 0 Å². The van der Waals surface area contributed by atoms with Gasteiger partial charge in [0.05, 0.1) is 21.8 Å². The molecule has 0 aliphatic heterocycles. The lowest BCUT2D eigenvalue weighted by Crippen LogP contribution is -2.63. The molecule has 63 heavy (non-hydrogen) atoms. The number of hydrogen-bond donors (Lipinski definition) is 0. The second kappa shape index (κ2) is 15.0. The van der Waals surface area contributed by atoms with Crippen molar-refractivity contribution in [1.82, 2.24) is 0 Å². The van der Waals surface area contributed by atoms with Crippen LogP contribution in [0.15, 0.2) is 170 Å². The molecular formula is C59H58N2Si2. The fraction of sp³-hybridized carbons (Fsp3) is 0.186. The van der Waals surface area contributed by atoms with E-state index in [1.807, 2.05) is 0 Å². The number of anilines is 6. The number of nitrogens with zero attached hydrogens (tertiary/aromatic N) is 2. The second-order valence-electron chi connectivity index (χ2n) is 20.2. The van der Waals surface area contributed by atoms with Crippen molar-refractivity contribution in [3.63, 3.8) is 0 Å². The molecule has 1 aliphatic rings. The van der Waals surface area contributed by atoms with Gasteiger partial charge in [-0.15, -0.1) is 0 Å². The number of fused-ring (bicyclic) bond motifs is 10. The Morgan fingerprint density at radius 3 is 1.16 bits per heavy atom. The van der Waals surface area contributed by atoms with Crippen LogP contribution in [0, 0.1) is 27.7 Å². The Bertz CT molecular complexity index is 3100. The van der Waals surface area contributed by atoms with Crippen molar-refractivity contribution >= 4 is 82.6 Å². The van der Waals surface area contributed by atoms with Gasteiger partial charge in [-0.25, -0.2) is 0 Å². The van der Waals surface area contributed by atoms with Crippen molar-refractivity contribution in [3.05, 3.63) is 203 Å². The van der Waals surface area contributed by atoms with Crippen LogP contribution in [0.4, 0.5) is 34.1 Å². The molecular weight excluding hydrogens is 793 g/mol. The van der Waals surface area contributed by atoms with Gasteiger partial charge in [0.15, 0.2) is 0 Å². The Balaban J connectivity index is 1.34. The predicted octanol–water partition coefficient (Wildman–Crippen LogP) is 17.3. The molecule has 0 bridgehead atoms. The van der Waals surface area contributed by atoms with Gasteiger partial charge >= 0.3 is 0 Å². The fourth-order valence-electron chi connectivity index (χ4n) is 11.5. The number of benzene rings is 9. The van der Waals surface area contributed by atoms with Crippen LogP contribution in [0.3, 0.4) is 0 Å². The van der Waals surface area contributed by atoms with Crippen molar-refractivity contribution < 1.29 is 0 Å². The maximum absolute atomic E-state index is 2.67. The van der Waals surface area contributed by atoms with Gasteiger partial charge < -0.3 is 9.80 Å². The maximum Gasteiger partial charge on any atom is 0.0579 e. The molecule has 0 unspecified atom stereocenters. The molecule has 0 fully saturated rings. The summed E-state index contributed by atoms with van der Waals surface area (Å²) in [6, 6.07) is 64.8. The largest absolute Gasteiger partial charge is 0.310 e. The summed E-state index contributed by atoms with van der Waals surface area (Å²) < 4.78 is -0.132. The van der Waals surface area contributed by atoms with Crippen LogP contribution in [0.5, 0.6) is 0 Å². The molecule has 0 heterocycles. The lowest BCUT2D eigenvalue weighted by atomic mass is 9.89. The summed E-state index contributed by atoms with van der Waals surface area (Å²) in [4.78, 5) is 4.96. The van der Waals surface area contributed by atoms with E-state index in [4.69, 9.17) is 0 Å². The summed E-state index contributed by atoms with van der Waals surface area (Å²) >= 11 is 0. The molecule has 0 radical (unpaired) electrons. The van der Waals surface area contributed by atoms with Crippen LogP contribution in [-0.4, -0.2) is 16.1 Å². The fourth-order valence-corrected chi connectivity index (χ4v) is 24.6. The predicted molar refractivity (Wildman–Crippen MR) is 280 cm³/mol. The summed E-state index contributed by atoms with van der Waals surface area (Å²) in [6.07, 6.45) is 0. The van der Waals surface area contributed by atoms with Crippen molar-refractivity contribution in [2.45, 2.75) is 71.6 Å². The third kappa shape index (κ3) is 6.40. The van der Waals surface area contributed by atoms with Gasteiger partial charge in [-0.3, -0.25) is 0 Å². The van der Waals surface area contributed by atoms with Crippen molar-refractivity contribution in [2.75, 3.05) is 9.80 Å². The first-order valence-corrected chi connectivity index (χ1v) is 29.6. The van der Waals surface area contributed by atoms with Crippen molar-refractivity contribution in [2.24, 2.45) is 0 Å². The van der Waals surface area contributed by atoms with E-state index >= 15 is 0 Å². The zero-order chi connectivity index (χ0) is 44.0. The Labute approximate surface area is 376 Å². The van der Waals surface area contributed by atoms with Crippen LogP contribution >= 0.6 is 0 Å². The number of hydrogen-bond acceptors (Lipinski definition) is 2. The van der Waals surface area contributed by atoms with E-state index in [9.17, 15) is 0 Å². The molecule has 9 aromatic rings. The van der Waals surface area contributed by atoms with E-state index in [0.717, 1.165) is 11.4 Å². The summed E-state index contributed by atoms with van der Waals surface area (Å²) in [6.45, 7) is 24.6. The van der Waals surface area contributed by atoms with Gasteiger partial charge in [-0.1, -0.05) is 165 Å². The van der Waals surface area contributed by atoms with Crippen molar-refractivity contribution in [1.29, 1.82) is 0 Å². The van der Waals surface area contributed by atoms with Crippen LogP contribution in [0.2, 0.25) is 39.3 Å². The first-order chi connectivity index (χ1) is 30.2. The molecule has 1 aliphatic carbocycles. The minimum Gasteiger partial charge on any atom is -0.310 e. The van der Waals surface area contributed by atoms with Gasteiger partial charge in [0.1, 0.15) is 0 Å². The first-order valence-electron chi connectivity index (χ1n) is 22.6. The van der Waals surface area contributed by atoms with Gasteiger partial charge in [0, 0.05) is 38.5 Å². The van der Waals surface area contributed by atoms with Crippen LogP contribution in [0.25, 0.3) is 43.4 Å². The third-order valence-electron chi connectivity index (χ3n) is 14.0. The van der Waals surface area contributed by atoms with Gasteiger partial charge in [-0.2, -0.15) is 0 Å². The smallest absolute Gasteiger partial charge is 0.0579 e. The van der Waals surface area contributed by atoms with Crippen LogP contribution in [0.1, 0.15) is 33.4 Å². The van der Waals surface area contributed by atoms with Gasteiger partial charge in [0.2, 0.25) is 0 Å². The maximum atomic E-state index is 2.67. The lowest BCUT2D eigenvalue weighted by Gasteiger charge is -2.52. The zero-order valence-corrected chi connectivity index (χ0v) is 40.6. The first kappa shape index (κ1) is 40.8. The third-order valence-corrected chi connectivity index (χ3v) is 24.0. The molecule has 0 spiro atoms. The summed E-state index contributed by atoms with van der Waals surface area (Å²) in [7, 11) is -4.31. The highest BCUT2D eigenvalue weighted by Gasteiger charge is 2.60. The topological polar surface area (TPSA) is 6.48 Å². The van der Waals surface area contributed by atoms with E-state index in [-0.39, 0.29) is 4.66 Å². The Hall–Kier alpha value is -6.21. The SMILES string of the molecule is Cc1ccc(N(c2ccc(C)cc2)c2ccc3c4c(c5ccccc5c3c2)-c2c(cc(N(c3ccc(C)cc3)c3ccc(C)cc3)c3ccccc23)C4([Si](C)(C)C)[Si](C)(C)C)cc1. The molecule has 0 aromatic heterocycles. The van der Waals surface area contributed by atoms with Gasteiger partial charge in [0.25, 0.3) is 0 Å². The molecule has 9 aromatic carbocycles. The van der Waals surface area contributed by atoms with E-state index in [1.165, 1.54) is 94.0 Å². The van der Waals surface area contributed by atoms with Crippen LogP contribution in [-0.2, 0) is 4.66 Å². The average molecular weight is 851 g/mol. The summed E-state index contributed by atoms with van der Waals surface area (Å²) in [5.41, 5.74) is 18.1. The molecule has 0 N–H and O–H groups in total. The highest BCUT2D eigenvalue weighted by Crippen LogP contribution is 2.64. The quantitative estimate of drug-likeness (QED) is 0.111. The Kier molecular flexibility index (Phi) is 9.70. The molecule has 312 valence electrons. The van der Waals surface area contributed by atoms with Crippen molar-refractivity contribution in [3.8, 4) is 11.1 Å². The Morgan fingerprint density at radius 2 is 0.714 bits per heavy atom. The minimum atomic E-state index is -2.15. The van der Waals surface area contributed by atoms with E-state index < -0.39 is 16.1 Å². The zero-order valence-electron chi connectivity index (χ0n) is 38.6. The second-order valence-corrected chi connectivity index (χ2v) is 31.2. The van der Waals surface area contributed by atoms with E-state index in [1.54, 1.807) is 5.56 Å². The highest BCUT2D eigenvalue weighted by molar-refractivity contribution is 7.00.